The van der Waals surface area contributed by atoms with Crippen LogP contribution in [0.15, 0.2) is 53.5 Å². The molecule has 0 heterocycles. The summed E-state index contributed by atoms with van der Waals surface area (Å²) in [5.74, 6) is -1.14. The molecule has 1 aliphatic rings. The second-order valence-corrected chi connectivity index (χ2v) is 6.64. The van der Waals surface area contributed by atoms with E-state index in [2.05, 4.69) is 22.4 Å². The van der Waals surface area contributed by atoms with E-state index in [0.29, 0.717) is 0 Å². The molecule has 1 atom stereocenters. The molecule has 1 amide bonds. The molecule has 1 N–H and O–H groups in total. The highest BCUT2D eigenvalue weighted by atomic mass is 19.1. The summed E-state index contributed by atoms with van der Waals surface area (Å²) in [6.07, 6.45) is 2.79. The second-order valence-electron chi connectivity index (χ2n) is 6.64. The minimum absolute atomic E-state index is 0.0309. The molecular weight excluding hydrogens is 331 g/mol. The molecule has 1 aliphatic carbocycles. The maximum atomic E-state index is 13.9. The van der Waals surface area contributed by atoms with E-state index in [1.807, 2.05) is 26.0 Å². The predicted molar refractivity (Wildman–Crippen MR) is 99.6 cm³/mol. The normalized spacial score (nSPS) is 16.9. The summed E-state index contributed by atoms with van der Waals surface area (Å²) in [4.78, 5) is 17.1. The van der Waals surface area contributed by atoms with Gasteiger partial charge in [-0.1, -0.05) is 36.4 Å². The van der Waals surface area contributed by atoms with E-state index >= 15 is 0 Å². The first-order chi connectivity index (χ1) is 12.5. The number of amides is 1. The van der Waals surface area contributed by atoms with Crippen LogP contribution in [0.1, 0.15) is 54.2 Å². The fourth-order valence-corrected chi connectivity index (χ4v) is 3.13. The Morgan fingerprint density at radius 2 is 1.92 bits per heavy atom. The van der Waals surface area contributed by atoms with Gasteiger partial charge in [0.05, 0.1) is 17.7 Å². The highest BCUT2D eigenvalue weighted by Gasteiger charge is 2.22. The third kappa shape index (κ3) is 4.28. The lowest BCUT2D eigenvalue weighted by atomic mass is 9.88. The number of fused-ring (bicyclic) bond motifs is 1. The molecule has 0 aliphatic heterocycles. The van der Waals surface area contributed by atoms with E-state index in [1.54, 1.807) is 12.1 Å². The molecule has 0 bridgehead atoms. The van der Waals surface area contributed by atoms with Gasteiger partial charge in [-0.05, 0) is 56.4 Å². The molecule has 26 heavy (non-hydrogen) atoms. The van der Waals surface area contributed by atoms with Gasteiger partial charge in [0.25, 0.3) is 11.9 Å². The minimum Gasteiger partial charge on any atom is -0.462 e. The van der Waals surface area contributed by atoms with Crippen molar-refractivity contribution in [2.75, 3.05) is 0 Å². The third-order valence-electron chi connectivity index (χ3n) is 4.30. The fourth-order valence-electron chi connectivity index (χ4n) is 3.13. The van der Waals surface area contributed by atoms with Crippen molar-refractivity contribution in [2.45, 2.75) is 45.3 Å². The van der Waals surface area contributed by atoms with Crippen molar-refractivity contribution in [3.05, 3.63) is 71.0 Å². The van der Waals surface area contributed by atoms with Gasteiger partial charge in [0.1, 0.15) is 5.82 Å². The summed E-state index contributed by atoms with van der Waals surface area (Å²) in [7, 11) is 0. The quantitative estimate of drug-likeness (QED) is 0.655. The van der Waals surface area contributed by atoms with Crippen LogP contribution in [0.4, 0.5) is 4.39 Å². The molecule has 0 unspecified atom stereocenters. The van der Waals surface area contributed by atoms with Crippen LogP contribution in [0.25, 0.3) is 0 Å². The molecule has 0 spiro atoms. The van der Waals surface area contributed by atoms with Crippen LogP contribution in [0.5, 0.6) is 0 Å². The Labute approximate surface area is 153 Å². The first kappa shape index (κ1) is 18.1. The third-order valence-corrected chi connectivity index (χ3v) is 4.30. The van der Waals surface area contributed by atoms with Crippen LogP contribution in [0.3, 0.4) is 0 Å². The number of nitrogens with one attached hydrogen (secondary N) is 1. The molecule has 5 heteroatoms. The van der Waals surface area contributed by atoms with E-state index in [9.17, 15) is 9.18 Å². The summed E-state index contributed by atoms with van der Waals surface area (Å²) in [5.41, 5.74) is 2.40. The zero-order valence-electron chi connectivity index (χ0n) is 15.0. The van der Waals surface area contributed by atoms with Gasteiger partial charge < -0.3 is 4.74 Å². The van der Waals surface area contributed by atoms with Crippen LogP contribution in [-0.4, -0.2) is 18.0 Å². The number of aliphatic imine (C=N–C) groups is 1. The van der Waals surface area contributed by atoms with Gasteiger partial charge in [-0.3, -0.25) is 10.1 Å². The second kappa shape index (κ2) is 8.13. The van der Waals surface area contributed by atoms with Crippen molar-refractivity contribution in [3.8, 4) is 0 Å². The Hall–Kier alpha value is -2.69. The van der Waals surface area contributed by atoms with Gasteiger partial charge in [0.2, 0.25) is 0 Å². The van der Waals surface area contributed by atoms with Crippen molar-refractivity contribution in [1.29, 1.82) is 0 Å². The van der Waals surface area contributed by atoms with Gasteiger partial charge in [0, 0.05) is 0 Å². The predicted octanol–water partition coefficient (Wildman–Crippen LogP) is 4.41. The average Bonchev–Trinajstić information content (AvgIpc) is 2.62. The molecular formula is C21H23FN2O2. The summed E-state index contributed by atoms with van der Waals surface area (Å²) in [6, 6.07) is 14.1. The molecule has 0 aromatic heterocycles. The molecule has 136 valence electrons. The standard InChI is InChI=1S/C21H23FN2O2/c1-14(2)26-21(24-20(25)17-11-5-6-12-18(17)22)23-19-13-7-9-15-8-3-4-10-16(15)19/h3-6,8,10-12,14,19H,7,9,13H2,1-2H3,(H,23,24,25)/t19-/m0/s1. The van der Waals surface area contributed by atoms with E-state index in [0.717, 1.165) is 24.8 Å². The van der Waals surface area contributed by atoms with Crippen LogP contribution >= 0.6 is 0 Å². The lowest BCUT2D eigenvalue weighted by Gasteiger charge is -2.23. The molecule has 0 saturated carbocycles. The number of carbonyl (C=O) groups excluding carboxylic acids is 1. The highest BCUT2D eigenvalue weighted by Crippen LogP contribution is 2.32. The number of rotatable bonds is 3. The van der Waals surface area contributed by atoms with Gasteiger partial charge >= 0.3 is 0 Å². The smallest absolute Gasteiger partial charge is 0.292 e. The number of carbonyl (C=O) groups is 1. The first-order valence-electron chi connectivity index (χ1n) is 8.92. The van der Waals surface area contributed by atoms with Crippen LogP contribution in [0, 0.1) is 5.82 Å². The Morgan fingerprint density at radius 1 is 1.19 bits per heavy atom. The zero-order valence-corrected chi connectivity index (χ0v) is 15.0. The van der Waals surface area contributed by atoms with Crippen molar-refractivity contribution >= 4 is 11.9 Å². The average molecular weight is 354 g/mol. The van der Waals surface area contributed by atoms with E-state index < -0.39 is 11.7 Å². The Balaban J connectivity index is 1.86. The van der Waals surface area contributed by atoms with Gasteiger partial charge in [-0.2, -0.15) is 0 Å². The van der Waals surface area contributed by atoms with Crippen LogP contribution in [0.2, 0.25) is 0 Å². The van der Waals surface area contributed by atoms with Gasteiger partial charge in [-0.15, -0.1) is 0 Å². The summed E-state index contributed by atoms with van der Waals surface area (Å²) in [6.45, 7) is 3.72. The number of benzene rings is 2. The molecule has 3 rings (SSSR count). The van der Waals surface area contributed by atoms with E-state index in [-0.39, 0.29) is 23.7 Å². The van der Waals surface area contributed by atoms with Crippen molar-refractivity contribution in [2.24, 2.45) is 4.99 Å². The summed E-state index contributed by atoms with van der Waals surface area (Å²) >= 11 is 0. The summed E-state index contributed by atoms with van der Waals surface area (Å²) < 4.78 is 19.6. The number of halogens is 1. The van der Waals surface area contributed by atoms with Crippen molar-refractivity contribution in [3.63, 3.8) is 0 Å². The Morgan fingerprint density at radius 3 is 2.69 bits per heavy atom. The van der Waals surface area contributed by atoms with Crippen LogP contribution in [-0.2, 0) is 11.2 Å². The van der Waals surface area contributed by atoms with Crippen molar-refractivity contribution < 1.29 is 13.9 Å². The molecule has 4 nitrogen and oxygen atoms in total. The molecule has 2 aromatic rings. The molecule has 2 aromatic carbocycles. The zero-order chi connectivity index (χ0) is 18.5. The fraction of sp³-hybridized carbons (Fsp3) is 0.333. The maximum Gasteiger partial charge on any atom is 0.292 e. The number of nitrogens with zero attached hydrogens (tertiary/aromatic N) is 1. The van der Waals surface area contributed by atoms with Crippen LogP contribution < -0.4 is 5.32 Å². The monoisotopic (exact) mass is 354 g/mol. The van der Waals surface area contributed by atoms with Crippen molar-refractivity contribution in [1.82, 2.24) is 5.32 Å². The summed E-state index contributed by atoms with van der Waals surface area (Å²) in [5, 5.41) is 2.63. The van der Waals surface area contributed by atoms with E-state index in [4.69, 9.17) is 4.74 Å². The lowest BCUT2D eigenvalue weighted by Crippen LogP contribution is -2.35. The molecule has 0 saturated heterocycles. The minimum atomic E-state index is -0.572. The first-order valence-corrected chi connectivity index (χ1v) is 8.92. The van der Waals surface area contributed by atoms with Gasteiger partial charge in [-0.25, -0.2) is 9.38 Å². The van der Waals surface area contributed by atoms with E-state index in [1.165, 1.54) is 17.7 Å². The van der Waals surface area contributed by atoms with Gasteiger partial charge in [0.15, 0.2) is 0 Å². The molecule has 0 radical (unpaired) electrons. The number of amidine groups is 1. The number of ether oxygens (including phenoxy) is 1. The Bertz CT molecular complexity index is 817. The maximum absolute atomic E-state index is 13.9. The Kier molecular flexibility index (Phi) is 5.66. The molecule has 0 fully saturated rings. The number of hydrogen-bond acceptors (Lipinski definition) is 3. The number of hydrogen-bond donors (Lipinski definition) is 1. The lowest BCUT2D eigenvalue weighted by molar-refractivity contribution is 0.0955. The largest absolute Gasteiger partial charge is 0.462 e. The SMILES string of the molecule is CC(C)OC(=N[C@H]1CCCc2ccccc21)NC(=O)c1ccccc1F. The highest BCUT2D eigenvalue weighted by molar-refractivity contribution is 6.04. The number of aryl methyl sites for hydroxylation is 1. The topological polar surface area (TPSA) is 50.7 Å².